The topological polar surface area (TPSA) is 72.8 Å². The fourth-order valence-electron chi connectivity index (χ4n) is 3.17. The van der Waals surface area contributed by atoms with E-state index in [9.17, 15) is 9.59 Å². The molecule has 1 atom stereocenters. The highest BCUT2D eigenvalue weighted by Gasteiger charge is 2.39. The Morgan fingerprint density at radius 3 is 2.33 bits per heavy atom. The molecule has 4 rings (SSSR count). The van der Waals surface area contributed by atoms with Crippen LogP contribution < -0.4 is 0 Å². The van der Waals surface area contributed by atoms with Crippen molar-refractivity contribution in [2.45, 2.75) is 6.29 Å². The van der Waals surface area contributed by atoms with Crippen molar-refractivity contribution in [1.82, 2.24) is 0 Å². The fraction of sp³-hybridized carbons (Fsp3) is 0.143. The number of ether oxygens (including phenoxy) is 2. The molecule has 27 heavy (non-hydrogen) atoms. The zero-order valence-corrected chi connectivity index (χ0v) is 14.9. The fourth-order valence-corrected chi connectivity index (χ4v) is 3.30. The zero-order chi connectivity index (χ0) is 19.0. The first kappa shape index (κ1) is 17.7. The molecule has 1 aliphatic heterocycles. The van der Waals surface area contributed by atoms with Crippen LogP contribution in [0.25, 0.3) is 5.76 Å². The zero-order valence-electron chi connectivity index (χ0n) is 14.1. The summed E-state index contributed by atoms with van der Waals surface area (Å²) in [6, 6.07) is 13.6. The number of halogens is 1. The summed E-state index contributed by atoms with van der Waals surface area (Å²) in [4.78, 5) is 26.0. The van der Waals surface area contributed by atoms with E-state index >= 15 is 0 Å². The van der Waals surface area contributed by atoms with Crippen LogP contribution in [0.4, 0.5) is 0 Å². The van der Waals surface area contributed by atoms with E-state index in [-0.39, 0.29) is 35.9 Å². The lowest BCUT2D eigenvalue weighted by Gasteiger charge is -2.31. The van der Waals surface area contributed by atoms with Crippen molar-refractivity contribution in [2.75, 3.05) is 13.2 Å². The quantitative estimate of drug-likeness (QED) is 0.877. The number of carbonyl (C=O) groups is 2. The number of hydrogen-bond acceptors (Lipinski definition) is 5. The summed E-state index contributed by atoms with van der Waals surface area (Å²) in [6.45, 7) is -0.264. The second-order valence-electron chi connectivity index (χ2n) is 6.09. The number of allylic oxidation sites excluding steroid dienone is 2. The second-order valence-corrected chi connectivity index (χ2v) is 6.53. The highest BCUT2D eigenvalue weighted by molar-refractivity contribution is 6.30. The second kappa shape index (κ2) is 7.12. The third kappa shape index (κ3) is 3.10. The average molecular weight is 383 g/mol. The molecule has 2 aromatic carbocycles. The summed E-state index contributed by atoms with van der Waals surface area (Å²) in [6.07, 6.45) is 0.487. The minimum atomic E-state index is -1.08. The summed E-state index contributed by atoms with van der Waals surface area (Å²) in [5.41, 5.74) is 1.78. The standard InChI is InChI=1S/C21H15ClO5/c22-13-7-5-12(6-8-13)17-11-16-18(21(27-17)26-10-9-23)20(25)15-4-2-1-3-14(15)19(16)24/h1-8,11,21,23H,9-10H2. The largest absolute Gasteiger partial charge is 0.460 e. The van der Waals surface area contributed by atoms with Crippen molar-refractivity contribution < 1.29 is 24.2 Å². The predicted molar refractivity (Wildman–Crippen MR) is 99.5 cm³/mol. The Labute approximate surface area is 160 Å². The van der Waals surface area contributed by atoms with Gasteiger partial charge in [0.05, 0.1) is 18.8 Å². The number of hydrogen-bond donors (Lipinski definition) is 1. The van der Waals surface area contributed by atoms with Crippen LogP contribution >= 0.6 is 11.6 Å². The molecule has 1 aliphatic carbocycles. The van der Waals surface area contributed by atoms with E-state index in [0.717, 1.165) is 0 Å². The van der Waals surface area contributed by atoms with Crippen LogP contribution in [0.3, 0.4) is 0 Å². The first-order valence-electron chi connectivity index (χ1n) is 8.39. The van der Waals surface area contributed by atoms with E-state index in [2.05, 4.69) is 0 Å². The Hall–Kier alpha value is -2.73. The molecule has 6 heteroatoms. The van der Waals surface area contributed by atoms with E-state index in [1.165, 1.54) is 0 Å². The molecule has 0 aromatic heterocycles. The number of ketones is 2. The summed E-state index contributed by atoms with van der Waals surface area (Å²) in [5.74, 6) is -0.170. The molecule has 2 aromatic rings. The van der Waals surface area contributed by atoms with Crippen molar-refractivity contribution in [3.8, 4) is 0 Å². The molecule has 2 aliphatic rings. The molecule has 5 nitrogen and oxygen atoms in total. The van der Waals surface area contributed by atoms with Crippen LogP contribution in [-0.2, 0) is 9.47 Å². The van der Waals surface area contributed by atoms with E-state index in [4.69, 9.17) is 26.2 Å². The third-order valence-corrected chi connectivity index (χ3v) is 4.68. The lowest BCUT2D eigenvalue weighted by molar-refractivity contribution is -0.0801. The lowest BCUT2D eigenvalue weighted by Crippen LogP contribution is -2.34. The van der Waals surface area contributed by atoms with Crippen LogP contribution in [0, 0.1) is 0 Å². The molecule has 0 saturated carbocycles. The summed E-state index contributed by atoms with van der Waals surface area (Å²) < 4.78 is 11.4. The maximum atomic E-state index is 13.0. The van der Waals surface area contributed by atoms with E-state index < -0.39 is 6.29 Å². The highest BCUT2D eigenvalue weighted by Crippen LogP contribution is 2.37. The van der Waals surface area contributed by atoms with Gasteiger partial charge in [-0.15, -0.1) is 0 Å². The molecule has 0 saturated heterocycles. The number of fused-ring (bicyclic) bond motifs is 1. The molecule has 136 valence electrons. The van der Waals surface area contributed by atoms with E-state index in [1.54, 1.807) is 54.6 Å². The van der Waals surface area contributed by atoms with Crippen molar-refractivity contribution in [3.05, 3.63) is 87.5 Å². The lowest BCUT2D eigenvalue weighted by atomic mass is 9.82. The van der Waals surface area contributed by atoms with Gasteiger partial charge >= 0.3 is 0 Å². The Bertz CT molecular complexity index is 988. The van der Waals surface area contributed by atoms with Gasteiger partial charge in [0.25, 0.3) is 0 Å². The van der Waals surface area contributed by atoms with E-state index in [1.807, 2.05) is 0 Å². The molecule has 0 radical (unpaired) electrons. The van der Waals surface area contributed by atoms with Gasteiger partial charge in [-0.25, -0.2) is 0 Å². The molecule has 0 bridgehead atoms. The van der Waals surface area contributed by atoms with Gasteiger partial charge in [-0.05, 0) is 30.3 Å². The van der Waals surface area contributed by atoms with Gasteiger partial charge < -0.3 is 14.6 Å². The van der Waals surface area contributed by atoms with E-state index in [0.29, 0.717) is 27.5 Å². The summed E-state index contributed by atoms with van der Waals surface area (Å²) >= 11 is 5.94. The number of aliphatic hydroxyl groups is 1. The Kier molecular flexibility index (Phi) is 4.66. The maximum Gasteiger partial charge on any atom is 0.231 e. The normalized spacial score (nSPS) is 18.6. The van der Waals surface area contributed by atoms with Crippen molar-refractivity contribution in [3.63, 3.8) is 0 Å². The number of Topliss-reactive ketones (excluding diaryl/α,β-unsaturated/α-hetero) is 2. The molecular formula is C21H15ClO5. The van der Waals surface area contributed by atoms with Gasteiger partial charge in [0, 0.05) is 27.3 Å². The SMILES string of the molecule is O=C1C2=C(C(=O)c3ccccc31)C(OCCO)OC(c1ccc(Cl)cc1)=C2. The first-order chi connectivity index (χ1) is 13.1. The van der Waals surface area contributed by atoms with Crippen LogP contribution in [0.15, 0.2) is 65.8 Å². The average Bonchev–Trinajstić information content (AvgIpc) is 2.70. The highest BCUT2D eigenvalue weighted by atomic mass is 35.5. The van der Waals surface area contributed by atoms with Crippen molar-refractivity contribution in [2.24, 2.45) is 0 Å². The summed E-state index contributed by atoms with van der Waals surface area (Å²) in [7, 11) is 0. The van der Waals surface area contributed by atoms with Crippen LogP contribution in [0.1, 0.15) is 26.3 Å². The molecule has 1 heterocycles. The molecule has 1 N–H and O–H groups in total. The van der Waals surface area contributed by atoms with Gasteiger partial charge in [-0.2, -0.15) is 0 Å². The van der Waals surface area contributed by atoms with Crippen molar-refractivity contribution >= 4 is 28.9 Å². The molecule has 0 amide bonds. The summed E-state index contributed by atoms with van der Waals surface area (Å²) in [5, 5.41) is 9.67. The third-order valence-electron chi connectivity index (χ3n) is 4.43. The predicted octanol–water partition coefficient (Wildman–Crippen LogP) is 3.42. The minimum absolute atomic E-state index is 0.0293. The van der Waals surface area contributed by atoms with Crippen LogP contribution in [0.5, 0.6) is 0 Å². The van der Waals surface area contributed by atoms with Gasteiger partial charge in [0.1, 0.15) is 5.76 Å². The number of aliphatic hydroxyl groups excluding tert-OH is 1. The van der Waals surface area contributed by atoms with Crippen molar-refractivity contribution in [1.29, 1.82) is 0 Å². The molecular weight excluding hydrogens is 368 g/mol. The Morgan fingerprint density at radius 2 is 1.67 bits per heavy atom. The maximum absolute atomic E-state index is 13.0. The van der Waals surface area contributed by atoms with Gasteiger partial charge in [-0.3, -0.25) is 9.59 Å². The van der Waals surface area contributed by atoms with Gasteiger partial charge in [0.15, 0.2) is 11.6 Å². The molecule has 0 fully saturated rings. The Balaban J connectivity index is 1.84. The molecule has 0 spiro atoms. The number of benzene rings is 2. The smallest absolute Gasteiger partial charge is 0.231 e. The monoisotopic (exact) mass is 382 g/mol. The van der Waals surface area contributed by atoms with Gasteiger partial charge in [-0.1, -0.05) is 35.9 Å². The van der Waals surface area contributed by atoms with Gasteiger partial charge in [0.2, 0.25) is 6.29 Å². The van der Waals surface area contributed by atoms with Crippen LogP contribution in [0.2, 0.25) is 5.02 Å². The number of rotatable bonds is 4. The Morgan fingerprint density at radius 1 is 1.00 bits per heavy atom. The molecule has 1 unspecified atom stereocenters. The van der Waals surface area contributed by atoms with Crippen LogP contribution in [-0.4, -0.2) is 36.2 Å². The first-order valence-corrected chi connectivity index (χ1v) is 8.77. The minimum Gasteiger partial charge on any atom is -0.460 e. The number of carbonyl (C=O) groups excluding carboxylic acids is 2.